The SMILES string of the molecule is C#CCCCC(c1ccccc1)(c1ccccc1)c1ccccc1. The summed E-state index contributed by atoms with van der Waals surface area (Å²) in [6, 6.07) is 32.4. The molecule has 0 heterocycles. The van der Waals surface area contributed by atoms with Gasteiger partial charge >= 0.3 is 0 Å². The van der Waals surface area contributed by atoms with E-state index in [2.05, 4.69) is 96.9 Å². The van der Waals surface area contributed by atoms with E-state index in [9.17, 15) is 0 Å². The quantitative estimate of drug-likeness (QED) is 0.305. The van der Waals surface area contributed by atoms with Gasteiger partial charge in [0.1, 0.15) is 0 Å². The fourth-order valence-corrected chi connectivity index (χ4v) is 3.56. The first-order chi connectivity index (χ1) is 11.9. The Hall–Kier alpha value is -2.78. The van der Waals surface area contributed by atoms with E-state index in [-0.39, 0.29) is 5.41 Å². The highest BCUT2D eigenvalue weighted by Crippen LogP contribution is 2.43. The van der Waals surface area contributed by atoms with Crippen LogP contribution in [-0.4, -0.2) is 0 Å². The third-order valence-corrected chi connectivity index (χ3v) is 4.67. The van der Waals surface area contributed by atoms with Crippen LogP contribution in [0.15, 0.2) is 91.0 Å². The summed E-state index contributed by atoms with van der Waals surface area (Å²) < 4.78 is 0. The lowest BCUT2D eigenvalue weighted by atomic mass is 9.66. The molecule has 0 N–H and O–H groups in total. The highest BCUT2D eigenvalue weighted by molar-refractivity contribution is 5.50. The number of benzene rings is 3. The molecule has 0 aliphatic rings. The van der Waals surface area contributed by atoms with E-state index in [1.807, 2.05) is 0 Å². The first-order valence-electron chi connectivity index (χ1n) is 8.48. The lowest BCUT2D eigenvalue weighted by molar-refractivity contribution is 0.538. The number of rotatable bonds is 6. The van der Waals surface area contributed by atoms with Crippen molar-refractivity contribution in [3.63, 3.8) is 0 Å². The maximum absolute atomic E-state index is 5.52. The molecule has 3 aromatic rings. The summed E-state index contributed by atoms with van der Waals surface area (Å²) >= 11 is 0. The van der Waals surface area contributed by atoms with Gasteiger partial charge in [-0.2, -0.15) is 0 Å². The van der Waals surface area contributed by atoms with E-state index in [1.54, 1.807) is 0 Å². The average Bonchev–Trinajstić information content (AvgIpc) is 2.68. The molecule has 0 fully saturated rings. The third kappa shape index (κ3) is 3.12. The predicted molar refractivity (Wildman–Crippen MR) is 102 cm³/mol. The lowest BCUT2D eigenvalue weighted by Gasteiger charge is -2.36. The highest BCUT2D eigenvalue weighted by atomic mass is 14.4. The highest BCUT2D eigenvalue weighted by Gasteiger charge is 2.35. The van der Waals surface area contributed by atoms with E-state index in [1.165, 1.54) is 16.7 Å². The van der Waals surface area contributed by atoms with Crippen LogP contribution in [-0.2, 0) is 5.41 Å². The van der Waals surface area contributed by atoms with Gasteiger partial charge in [-0.3, -0.25) is 0 Å². The lowest BCUT2D eigenvalue weighted by Crippen LogP contribution is -2.29. The van der Waals surface area contributed by atoms with Crippen LogP contribution in [0.1, 0.15) is 36.0 Å². The molecule has 0 aliphatic carbocycles. The zero-order valence-electron chi connectivity index (χ0n) is 13.9. The van der Waals surface area contributed by atoms with Gasteiger partial charge in [0, 0.05) is 11.8 Å². The zero-order chi connectivity index (χ0) is 16.7. The van der Waals surface area contributed by atoms with Crippen molar-refractivity contribution in [3.05, 3.63) is 108 Å². The molecule has 118 valence electrons. The van der Waals surface area contributed by atoms with Gasteiger partial charge in [-0.15, -0.1) is 12.3 Å². The van der Waals surface area contributed by atoms with Crippen molar-refractivity contribution in [2.75, 3.05) is 0 Å². The molecule has 0 spiro atoms. The van der Waals surface area contributed by atoms with Crippen LogP contribution in [0, 0.1) is 12.3 Å². The van der Waals surface area contributed by atoms with Gasteiger partial charge in [0.25, 0.3) is 0 Å². The van der Waals surface area contributed by atoms with Crippen molar-refractivity contribution >= 4 is 0 Å². The van der Waals surface area contributed by atoms with Crippen LogP contribution in [0.25, 0.3) is 0 Å². The molecule has 0 saturated carbocycles. The molecule has 0 radical (unpaired) electrons. The van der Waals surface area contributed by atoms with E-state index < -0.39 is 0 Å². The monoisotopic (exact) mass is 310 g/mol. The molecule has 0 bridgehead atoms. The summed E-state index contributed by atoms with van der Waals surface area (Å²) in [6.45, 7) is 0. The molecule has 24 heavy (non-hydrogen) atoms. The van der Waals surface area contributed by atoms with Crippen molar-refractivity contribution in [2.24, 2.45) is 0 Å². The standard InChI is InChI=1S/C24H22/c1-2-3-13-20-24(21-14-7-4-8-15-21,22-16-9-5-10-17-22)23-18-11-6-12-19-23/h1,4-12,14-19H,3,13,20H2. The molecular weight excluding hydrogens is 288 g/mol. The topological polar surface area (TPSA) is 0 Å². The predicted octanol–water partition coefficient (Wildman–Crippen LogP) is 5.82. The molecule has 0 amide bonds. The summed E-state index contributed by atoms with van der Waals surface area (Å²) in [7, 11) is 0. The van der Waals surface area contributed by atoms with Gasteiger partial charge in [0.05, 0.1) is 0 Å². The Kier molecular flexibility index (Phi) is 5.14. The van der Waals surface area contributed by atoms with Crippen molar-refractivity contribution < 1.29 is 0 Å². The van der Waals surface area contributed by atoms with Crippen molar-refractivity contribution in [2.45, 2.75) is 24.7 Å². The van der Waals surface area contributed by atoms with Crippen LogP contribution in [0.2, 0.25) is 0 Å². The first-order valence-corrected chi connectivity index (χ1v) is 8.48. The smallest absolute Gasteiger partial charge is 0.0451 e. The van der Waals surface area contributed by atoms with Gasteiger partial charge in [-0.05, 0) is 29.5 Å². The van der Waals surface area contributed by atoms with E-state index in [0.29, 0.717) is 0 Å². The number of unbranched alkanes of at least 4 members (excludes halogenated alkanes) is 1. The van der Waals surface area contributed by atoms with Crippen LogP contribution in [0.4, 0.5) is 0 Å². The number of terminal acetylenes is 1. The summed E-state index contributed by atoms with van der Waals surface area (Å²) in [5.74, 6) is 2.79. The van der Waals surface area contributed by atoms with E-state index >= 15 is 0 Å². The summed E-state index contributed by atoms with van der Waals surface area (Å²) in [5, 5.41) is 0. The second kappa shape index (κ2) is 7.66. The molecule has 0 atom stereocenters. The van der Waals surface area contributed by atoms with Gasteiger partial charge in [0.15, 0.2) is 0 Å². The average molecular weight is 310 g/mol. The minimum Gasteiger partial charge on any atom is -0.120 e. The Balaban J connectivity index is 2.22. The minimum absolute atomic E-state index is 0.166. The summed E-state index contributed by atoms with van der Waals surface area (Å²) in [4.78, 5) is 0. The maximum atomic E-state index is 5.52. The van der Waals surface area contributed by atoms with Crippen LogP contribution in [0.5, 0.6) is 0 Å². The third-order valence-electron chi connectivity index (χ3n) is 4.67. The fraction of sp³-hybridized carbons (Fsp3) is 0.167. The van der Waals surface area contributed by atoms with Gasteiger partial charge in [-0.1, -0.05) is 91.0 Å². The molecule has 3 aromatic carbocycles. The molecule has 0 unspecified atom stereocenters. The summed E-state index contributed by atoms with van der Waals surface area (Å²) in [5.41, 5.74) is 3.79. The zero-order valence-corrected chi connectivity index (χ0v) is 13.9. The Bertz CT molecular complexity index is 683. The fourth-order valence-electron chi connectivity index (χ4n) is 3.56. The number of hydrogen-bond donors (Lipinski definition) is 0. The first kappa shape index (κ1) is 16.1. The van der Waals surface area contributed by atoms with Crippen LogP contribution in [0.3, 0.4) is 0 Å². The number of hydrogen-bond acceptors (Lipinski definition) is 0. The molecule has 0 nitrogen and oxygen atoms in total. The van der Waals surface area contributed by atoms with Crippen molar-refractivity contribution in [1.82, 2.24) is 0 Å². The van der Waals surface area contributed by atoms with E-state index in [0.717, 1.165) is 19.3 Å². The van der Waals surface area contributed by atoms with Crippen molar-refractivity contribution in [1.29, 1.82) is 0 Å². The summed E-state index contributed by atoms with van der Waals surface area (Å²) in [6.07, 6.45) is 8.31. The van der Waals surface area contributed by atoms with Gasteiger partial charge in [0.2, 0.25) is 0 Å². The molecule has 0 saturated heterocycles. The van der Waals surface area contributed by atoms with Crippen molar-refractivity contribution in [3.8, 4) is 12.3 Å². The Morgan fingerprint density at radius 2 is 1.00 bits per heavy atom. The molecule has 0 aliphatic heterocycles. The largest absolute Gasteiger partial charge is 0.120 e. The second-order valence-electron chi connectivity index (χ2n) is 6.06. The Labute approximate surface area is 145 Å². The van der Waals surface area contributed by atoms with Crippen LogP contribution < -0.4 is 0 Å². The van der Waals surface area contributed by atoms with Gasteiger partial charge in [-0.25, -0.2) is 0 Å². The molecule has 0 heteroatoms. The van der Waals surface area contributed by atoms with E-state index in [4.69, 9.17) is 6.42 Å². The van der Waals surface area contributed by atoms with Crippen LogP contribution >= 0.6 is 0 Å². The Morgan fingerprint density at radius 1 is 0.625 bits per heavy atom. The molecule has 3 rings (SSSR count). The molecule has 0 aromatic heterocycles. The van der Waals surface area contributed by atoms with Gasteiger partial charge < -0.3 is 0 Å². The minimum atomic E-state index is -0.166. The normalized spacial score (nSPS) is 11.0. The maximum Gasteiger partial charge on any atom is 0.0451 e. The Morgan fingerprint density at radius 3 is 1.33 bits per heavy atom. The molecular formula is C24H22. The second-order valence-corrected chi connectivity index (χ2v) is 6.06.